The van der Waals surface area contributed by atoms with Gasteiger partial charge >= 0.3 is 5.97 Å². The lowest BCUT2D eigenvalue weighted by atomic mass is 10.1. The van der Waals surface area contributed by atoms with Crippen LogP contribution in [-0.2, 0) is 0 Å². The molecule has 0 radical (unpaired) electrons. The second-order valence-electron chi connectivity index (χ2n) is 6.75. The summed E-state index contributed by atoms with van der Waals surface area (Å²) >= 11 is 0. The summed E-state index contributed by atoms with van der Waals surface area (Å²) in [6.45, 7) is 0. The lowest BCUT2D eigenvalue weighted by Gasteiger charge is -2.15. The summed E-state index contributed by atoms with van der Waals surface area (Å²) < 4.78 is 27.0. The van der Waals surface area contributed by atoms with Gasteiger partial charge in [0.05, 0.1) is 34.0 Å². The van der Waals surface area contributed by atoms with Gasteiger partial charge in [0.25, 0.3) is 0 Å². The summed E-state index contributed by atoms with van der Waals surface area (Å²) in [5.41, 5.74) is 1.23. The summed E-state index contributed by atoms with van der Waals surface area (Å²) in [7, 11) is 5.86. The van der Waals surface area contributed by atoms with E-state index in [1.54, 1.807) is 48.5 Å². The van der Waals surface area contributed by atoms with E-state index in [2.05, 4.69) is 0 Å². The summed E-state index contributed by atoms with van der Waals surface area (Å²) in [6.07, 6.45) is 3.00. The van der Waals surface area contributed by atoms with Gasteiger partial charge in [-0.1, -0.05) is 42.5 Å². The predicted octanol–water partition coefficient (Wildman–Crippen LogP) is 4.84. The topological polar surface area (TPSA) is 80.3 Å². The zero-order valence-electron chi connectivity index (χ0n) is 18.8. The van der Waals surface area contributed by atoms with Crippen LogP contribution in [0.15, 0.2) is 66.7 Å². The van der Waals surface area contributed by atoms with Gasteiger partial charge < -0.3 is 23.7 Å². The molecule has 0 spiro atoms. The van der Waals surface area contributed by atoms with Gasteiger partial charge in [0.2, 0.25) is 5.75 Å². The fraction of sp³-hybridized carbons (Fsp3) is 0.154. The van der Waals surface area contributed by atoms with Gasteiger partial charge in [0.15, 0.2) is 28.8 Å². The van der Waals surface area contributed by atoms with Crippen molar-refractivity contribution in [2.45, 2.75) is 0 Å². The Kier molecular flexibility index (Phi) is 7.70. The average Bonchev–Trinajstić information content (AvgIpc) is 2.87. The molecule has 0 bridgehead atoms. The van der Waals surface area contributed by atoms with Gasteiger partial charge in [-0.3, -0.25) is 4.79 Å². The van der Waals surface area contributed by atoms with Crippen LogP contribution < -0.4 is 23.7 Å². The van der Waals surface area contributed by atoms with Crippen molar-refractivity contribution < 1.29 is 33.3 Å². The third-order valence-electron chi connectivity index (χ3n) is 4.80. The van der Waals surface area contributed by atoms with Crippen molar-refractivity contribution in [2.75, 3.05) is 28.4 Å². The molecule has 0 aliphatic carbocycles. The van der Waals surface area contributed by atoms with Crippen LogP contribution in [0, 0.1) is 0 Å². The molecule has 0 N–H and O–H groups in total. The lowest BCUT2D eigenvalue weighted by Crippen LogP contribution is -2.11. The Morgan fingerprint density at radius 3 is 1.88 bits per heavy atom. The minimum Gasteiger partial charge on any atom is -0.493 e. The maximum Gasteiger partial charge on any atom is 0.343 e. The van der Waals surface area contributed by atoms with Crippen LogP contribution in [0.3, 0.4) is 0 Å². The highest BCUT2D eigenvalue weighted by molar-refractivity contribution is 6.07. The normalized spacial score (nSPS) is 10.5. The van der Waals surface area contributed by atoms with E-state index in [1.165, 1.54) is 46.6 Å². The number of carbonyl (C=O) groups excluding carboxylic acids is 2. The quantitative estimate of drug-likeness (QED) is 0.201. The first-order valence-electron chi connectivity index (χ1n) is 9.99. The Bertz CT molecular complexity index is 1140. The number of carbonyl (C=O) groups is 2. The van der Waals surface area contributed by atoms with Gasteiger partial charge in [-0.15, -0.1) is 0 Å². The molecule has 0 fully saturated rings. The maximum absolute atomic E-state index is 13.0. The molecule has 0 aromatic heterocycles. The summed E-state index contributed by atoms with van der Waals surface area (Å²) in [4.78, 5) is 25.5. The Morgan fingerprint density at radius 2 is 1.30 bits per heavy atom. The number of benzene rings is 3. The number of rotatable bonds is 9. The highest BCUT2D eigenvalue weighted by Gasteiger charge is 2.20. The number of ketones is 1. The molecule has 0 aliphatic heterocycles. The predicted molar refractivity (Wildman–Crippen MR) is 124 cm³/mol. The molecule has 3 aromatic rings. The van der Waals surface area contributed by atoms with Crippen LogP contribution in [0.1, 0.15) is 26.3 Å². The van der Waals surface area contributed by atoms with Crippen molar-refractivity contribution in [3.63, 3.8) is 0 Å². The zero-order chi connectivity index (χ0) is 23.8. The van der Waals surface area contributed by atoms with Gasteiger partial charge in [-0.2, -0.15) is 0 Å². The smallest absolute Gasteiger partial charge is 0.343 e. The second kappa shape index (κ2) is 10.9. The van der Waals surface area contributed by atoms with Crippen molar-refractivity contribution >= 4 is 17.8 Å². The number of para-hydroxylation sites is 1. The van der Waals surface area contributed by atoms with Gasteiger partial charge in [0, 0.05) is 11.1 Å². The summed E-state index contributed by atoms with van der Waals surface area (Å²) in [5, 5.41) is 0. The SMILES string of the molecule is COc1cccc(C=CC(=O)c2ccccc2)c1OC(=O)c1cc(OC)c(OC)c(OC)c1. The molecule has 170 valence electrons. The highest BCUT2D eigenvalue weighted by atomic mass is 16.6. The van der Waals surface area contributed by atoms with Crippen molar-refractivity contribution in [1.29, 1.82) is 0 Å². The lowest BCUT2D eigenvalue weighted by molar-refractivity contribution is 0.0728. The van der Waals surface area contributed by atoms with Crippen LogP contribution in [0.5, 0.6) is 28.7 Å². The molecule has 0 heterocycles. The van der Waals surface area contributed by atoms with E-state index in [1.807, 2.05) is 6.07 Å². The number of methoxy groups -OCH3 is 4. The number of hydrogen-bond acceptors (Lipinski definition) is 7. The van der Waals surface area contributed by atoms with E-state index in [0.29, 0.717) is 34.1 Å². The Hall–Kier alpha value is -4.26. The molecular formula is C26H24O7. The fourth-order valence-electron chi connectivity index (χ4n) is 3.15. The molecule has 0 aliphatic rings. The van der Waals surface area contributed by atoms with E-state index >= 15 is 0 Å². The standard InChI is InChI=1S/C26H24O7/c1-29-21-12-8-11-18(13-14-20(27)17-9-6-5-7-10-17)24(21)33-26(28)19-15-22(30-2)25(32-4)23(16-19)31-3/h5-16H,1-4H3. The molecule has 0 amide bonds. The van der Waals surface area contributed by atoms with Crippen LogP contribution >= 0.6 is 0 Å². The minimum absolute atomic E-state index is 0.177. The second-order valence-corrected chi connectivity index (χ2v) is 6.75. The number of hydrogen-bond donors (Lipinski definition) is 0. The molecule has 0 saturated carbocycles. The Morgan fingerprint density at radius 1 is 0.667 bits per heavy atom. The minimum atomic E-state index is -0.664. The molecular weight excluding hydrogens is 424 g/mol. The monoisotopic (exact) mass is 448 g/mol. The molecule has 3 aromatic carbocycles. The van der Waals surface area contributed by atoms with Gasteiger partial charge in [-0.05, 0) is 30.4 Å². The first-order valence-corrected chi connectivity index (χ1v) is 9.99. The molecule has 0 atom stereocenters. The third-order valence-corrected chi connectivity index (χ3v) is 4.80. The van der Waals surface area contributed by atoms with Crippen LogP contribution in [0.2, 0.25) is 0 Å². The third kappa shape index (κ3) is 5.33. The molecule has 0 unspecified atom stereocenters. The molecule has 7 heteroatoms. The van der Waals surface area contributed by atoms with Crippen molar-refractivity contribution in [3.8, 4) is 28.7 Å². The summed E-state index contributed by atoms with van der Waals surface area (Å²) in [5.74, 6) is 0.663. The molecule has 0 saturated heterocycles. The number of esters is 1. The van der Waals surface area contributed by atoms with E-state index in [-0.39, 0.29) is 17.1 Å². The van der Waals surface area contributed by atoms with Crippen molar-refractivity contribution in [3.05, 3.63) is 83.4 Å². The highest BCUT2D eigenvalue weighted by Crippen LogP contribution is 2.39. The van der Waals surface area contributed by atoms with E-state index in [4.69, 9.17) is 23.7 Å². The van der Waals surface area contributed by atoms with Gasteiger partial charge in [0.1, 0.15) is 0 Å². The average molecular weight is 448 g/mol. The maximum atomic E-state index is 13.0. The van der Waals surface area contributed by atoms with Crippen molar-refractivity contribution in [1.82, 2.24) is 0 Å². The van der Waals surface area contributed by atoms with E-state index < -0.39 is 5.97 Å². The summed E-state index contributed by atoms with van der Waals surface area (Å²) in [6, 6.07) is 17.0. The fourth-order valence-corrected chi connectivity index (χ4v) is 3.15. The molecule has 33 heavy (non-hydrogen) atoms. The first-order chi connectivity index (χ1) is 16.0. The van der Waals surface area contributed by atoms with Crippen LogP contribution in [0.25, 0.3) is 6.08 Å². The Labute approximate surface area is 192 Å². The largest absolute Gasteiger partial charge is 0.493 e. The Balaban J connectivity index is 1.94. The van der Waals surface area contributed by atoms with E-state index in [9.17, 15) is 9.59 Å². The van der Waals surface area contributed by atoms with Crippen LogP contribution in [0.4, 0.5) is 0 Å². The molecule has 7 nitrogen and oxygen atoms in total. The first kappa shape index (κ1) is 23.4. The number of allylic oxidation sites excluding steroid dienone is 1. The van der Waals surface area contributed by atoms with Crippen molar-refractivity contribution in [2.24, 2.45) is 0 Å². The van der Waals surface area contributed by atoms with E-state index in [0.717, 1.165) is 0 Å². The van der Waals surface area contributed by atoms with Gasteiger partial charge in [-0.25, -0.2) is 4.79 Å². The zero-order valence-corrected chi connectivity index (χ0v) is 18.8. The van der Waals surface area contributed by atoms with Crippen LogP contribution in [-0.4, -0.2) is 40.2 Å². The number of ether oxygens (including phenoxy) is 5. The molecule has 3 rings (SSSR count).